The zero-order chi connectivity index (χ0) is 22.6. The number of nitrogens with zero attached hydrogens (tertiary/aromatic N) is 2. The van der Waals surface area contributed by atoms with E-state index in [-0.39, 0.29) is 28.8 Å². The van der Waals surface area contributed by atoms with Crippen LogP contribution in [0.25, 0.3) is 11.0 Å². The molecule has 164 valence electrons. The first-order chi connectivity index (χ1) is 15.5. The topological polar surface area (TPSA) is 114 Å². The predicted octanol–water partition coefficient (Wildman–Crippen LogP) is 3.26. The van der Waals surface area contributed by atoms with E-state index in [9.17, 15) is 13.2 Å². The van der Waals surface area contributed by atoms with Gasteiger partial charge in [-0.2, -0.15) is 5.10 Å². The lowest BCUT2D eigenvalue weighted by atomic mass is 10.2. The van der Waals surface area contributed by atoms with Crippen LogP contribution in [0.15, 0.2) is 76.8 Å². The number of pyridine rings is 1. The fourth-order valence-corrected chi connectivity index (χ4v) is 4.73. The second kappa shape index (κ2) is 9.29. The van der Waals surface area contributed by atoms with Crippen LogP contribution in [0.1, 0.15) is 28.4 Å². The number of nitrogens with one attached hydrogen (secondary N) is 2. The van der Waals surface area contributed by atoms with Gasteiger partial charge in [-0.15, -0.1) is 0 Å². The zero-order valence-corrected chi connectivity index (χ0v) is 18.2. The molecule has 0 fully saturated rings. The summed E-state index contributed by atoms with van der Waals surface area (Å²) in [7, 11) is -3.69. The van der Waals surface area contributed by atoms with Crippen LogP contribution in [0.2, 0.25) is 0 Å². The van der Waals surface area contributed by atoms with Gasteiger partial charge >= 0.3 is 0 Å². The van der Waals surface area contributed by atoms with E-state index < -0.39 is 9.84 Å². The van der Waals surface area contributed by atoms with E-state index >= 15 is 0 Å². The second-order valence-corrected chi connectivity index (χ2v) is 9.02. The Kier molecular flexibility index (Phi) is 6.29. The van der Waals surface area contributed by atoms with Crippen molar-refractivity contribution in [3.05, 3.63) is 83.7 Å². The predicted molar refractivity (Wildman–Crippen MR) is 119 cm³/mol. The number of rotatable bonds is 8. The summed E-state index contributed by atoms with van der Waals surface area (Å²) in [5, 5.41) is 10.2. The van der Waals surface area contributed by atoms with Gasteiger partial charge in [0.1, 0.15) is 0 Å². The minimum absolute atomic E-state index is 0.186. The van der Waals surface area contributed by atoms with Gasteiger partial charge in [0.05, 0.1) is 28.2 Å². The molecule has 9 heteroatoms. The average molecular weight is 451 g/mol. The highest BCUT2D eigenvalue weighted by atomic mass is 32.2. The van der Waals surface area contributed by atoms with Crippen LogP contribution >= 0.6 is 0 Å². The van der Waals surface area contributed by atoms with E-state index in [1.807, 2.05) is 6.92 Å². The number of carbonyl (C=O) groups excluding carboxylic acids is 1. The van der Waals surface area contributed by atoms with Gasteiger partial charge in [0.15, 0.2) is 5.65 Å². The van der Waals surface area contributed by atoms with Crippen LogP contribution in [0.5, 0.6) is 0 Å². The first kappa shape index (κ1) is 21.7. The summed E-state index contributed by atoms with van der Waals surface area (Å²) in [4.78, 5) is 17.0. The molecule has 32 heavy (non-hydrogen) atoms. The van der Waals surface area contributed by atoms with E-state index in [1.54, 1.807) is 60.8 Å². The van der Waals surface area contributed by atoms with Gasteiger partial charge in [-0.3, -0.25) is 9.89 Å². The quantitative estimate of drug-likeness (QED) is 0.426. The fourth-order valence-electron chi connectivity index (χ4n) is 3.26. The molecule has 0 aliphatic carbocycles. The molecule has 0 aliphatic heterocycles. The summed E-state index contributed by atoms with van der Waals surface area (Å²) < 4.78 is 31.7. The van der Waals surface area contributed by atoms with Crippen LogP contribution in [0.3, 0.4) is 0 Å². The van der Waals surface area contributed by atoms with Crippen LogP contribution < -0.4 is 5.32 Å². The highest BCUT2D eigenvalue weighted by Crippen LogP contribution is 2.25. The molecule has 0 radical (unpaired) electrons. The lowest BCUT2D eigenvalue weighted by Crippen LogP contribution is -2.22. The molecule has 2 aromatic carbocycles. The molecule has 4 aromatic rings. The van der Waals surface area contributed by atoms with Gasteiger partial charge in [0.2, 0.25) is 9.84 Å². The van der Waals surface area contributed by atoms with Crippen LogP contribution in [-0.2, 0) is 27.7 Å². The molecule has 1 amide bonds. The lowest BCUT2D eigenvalue weighted by Gasteiger charge is -2.11. The number of amides is 1. The minimum Gasteiger partial charge on any atom is -0.377 e. The number of aromatic amines is 1. The second-order valence-electron chi connectivity index (χ2n) is 7.11. The molecule has 0 aliphatic rings. The minimum atomic E-state index is -3.69. The van der Waals surface area contributed by atoms with Gasteiger partial charge in [-0.1, -0.05) is 30.3 Å². The molecule has 2 N–H and O–H groups in total. The first-order valence-corrected chi connectivity index (χ1v) is 11.5. The molecule has 0 saturated carbocycles. The smallest absolute Gasteiger partial charge is 0.253 e. The summed E-state index contributed by atoms with van der Waals surface area (Å²) in [6.45, 7) is 2.85. The number of fused-ring (bicyclic) bond motifs is 1. The molecule has 0 saturated heterocycles. The van der Waals surface area contributed by atoms with Crippen molar-refractivity contribution < 1.29 is 17.9 Å². The molecule has 2 heterocycles. The fraction of sp³-hybridized carbons (Fsp3) is 0.174. The van der Waals surface area contributed by atoms with E-state index in [1.165, 1.54) is 6.20 Å². The first-order valence-electron chi connectivity index (χ1n) is 10.1. The molecule has 2 aromatic heterocycles. The van der Waals surface area contributed by atoms with Gasteiger partial charge < -0.3 is 10.1 Å². The lowest BCUT2D eigenvalue weighted by molar-refractivity contribution is 0.0950. The number of ether oxygens (including phenoxy) is 1. The maximum absolute atomic E-state index is 13.1. The maximum Gasteiger partial charge on any atom is 0.253 e. The number of hydrogen-bond donors (Lipinski definition) is 2. The Morgan fingerprint density at radius 3 is 2.66 bits per heavy atom. The highest BCUT2D eigenvalue weighted by Gasteiger charge is 2.21. The Morgan fingerprint density at radius 2 is 1.88 bits per heavy atom. The molecule has 0 bridgehead atoms. The van der Waals surface area contributed by atoms with Crippen molar-refractivity contribution in [3.63, 3.8) is 0 Å². The van der Waals surface area contributed by atoms with Crippen molar-refractivity contribution >= 4 is 26.8 Å². The zero-order valence-electron chi connectivity index (χ0n) is 17.4. The van der Waals surface area contributed by atoms with Gasteiger partial charge in [-0.25, -0.2) is 13.4 Å². The molecular formula is C23H22N4O4S. The number of sulfone groups is 1. The SMILES string of the molecule is CCOCc1ccccc1S(=O)(=O)c1ccc(CNC(=O)c2cnc3[nH]ncc3c2)cc1. The molecule has 0 spiro atoms. The van der Waals surface area contributed by atoms with E-state index in [2.05, 4.69) is 20.5 Å². The Labute approximate surface area is 185 Å². The van der Waals surface area contributed by atoms with Crippen molar-refractivity contribution in [2.75, 3.05) is 6.61 Å². The number of aromatic nitrogens is 3. The normalized spacial score (nSPS) is 11.5. The number of H-pyrrole nitrogens is 1. The third kappa shape index (κ3) is 4.53. The molecule has 0 atom stereocenters. The Balaban J connectivity index is 1.46. The van der Waals surface area contributed by atoms with Crippen LogP contribution in [0.4, 0.5) is 0 Å². The summed E-state index contributed by atoms with van der Waals surface area (Å²) >= 11 is 0. The Morgan fingerprint density at radius 1 is 1.09 bits per heavy atom. The largest absolute Gasteiger partial charge is 0.377 e. The van der Waals surface area contributed by atoms with Crippen LogP contribution in [0, 0.1) is 0 Å². The average Bonchev–Trinajstić information content (AvgIpc) is 3.29. The number of carbonyl (C=O) groups is 1. The van der Waals surface area contributed by atoms with Crippen molar-refractivity contribution in [1.29, 1.82) is 0 Å². The monoisotopic (exact) mass is 450 g/mol. The standard InChI is InChI=1S/C23H22N4O4S/c1-2-31-15-17-5-3-4-6-21(17)32(29,30)20-9-7-16(8-10-20)12-25-23(28)19-11-18-14-26-27-22(18)24-13-19/h3-11,13-14H,2,12,15H2,1H3,(H,25,28)(H,24,26,27). The van der Waals surface area contributed by atoms with E-state index in [0.717, 1.165) is 10.9 Å². The summed E-state index contributed by atoms with van der Waals surface area (Å²) in [6, 6.07) is 15.0. The summed E-state index contributed by atoms with van der Waals surface area (Å²) in [6.07, 6.45) is 3.08. The third-order valence-electron chi connectivity index (χ3n) is 4.96. The van der Waals surface area contributed by atoms with E-state index in [0.29, 0.717) is 23.4 Å². The van der Waals surface area contributed by atoms with Crippen molar-refractivity contribution in [1.82, 2.24) is 20.5 Å². The van der Waals surface area contributed by atoms with Crippen LogP contribution in [-0.4, -0.2) is 36.1 Å². The van der Waals surface area contributed by atoms with Crippen molar-refractivity contribution in [2.24, 2.45) is 0 Å². The maximum atomic E-state index is 13.1. The molecule has 8 nitrogen and oxygen atoms in total. The number of hydrogen-bond acceptors (Lipinski definition) is 6. The molecule has 4 rings (SSSR count). The number of benzene rings is 2. The molecule has 0 unspecified atom stereocenters. The highest BCUT2D eigenvalue weighted by molar-refractivity contribution is 7.91. The van der Waals surface area contributed by atoms with Crippen molar-refractivity contribution in [2.45, 2.75) is 29.9 Å². The summed E-state index contributed by atoms with van der Waals surface area (Å²) in [5.41, 5.74) is 2.43. The van der Waals surface area contributed by atoms with Gasteiger partial charge in [0, 0.05) is 24.7 Å². The Hall–Kier alpha value is -3.56. The van der Waals surface area contributed by atoms with Gasteiger partial charge in [-0.05, 0) is 42.3 Å². The van der Waals surface area contributed by atoms with Crippen molar-refractivity contribution in [3.8, 4) is 0 Å². The Bertz CT molecular complexity index is 1350. The third-order valence-corrected chi connectivity index (χ3v) is 6.83. The van der Waals surface area contributed by atoms with E-state index in [4.69, 9.17) is 4.74 Å². The van der Waals surface area contributed by atoms with Gasteiger partial charge in [0.25, 0.3) is 5.91 Å². The summed E-state index contributed by atoms with van der Waals surface area (Å²) in [5.74, 6) is -0.276. The molecular weight excluding hydrogens is 428 g/mol.